The zero-order valence-electron chi connectivity index (χ0n) is 11.9. The van der Waals surface area contributed by atoms with Gasteiger partial charge in [-0.15, -0.1) is 0 Å². The van der Waals surface area contributed by atoms with Crippen LogP contribution < -0.4 is 0 Å². The van der Waals surface area contributed by atoms with Gasteiger partial charge in [0.25, 0.3) is 0 Å². The van der Waals surface area contributed by atoms with Crippen LogP contribution in [0.3, 0.4) is 0 Å². The molecule has 1 aliphatic heterocycles. The van der Waals surface area contributed by atoms with Crippen LogP contribution in [0.15, 0.2) is 18.2 Å². The van der Waals surface area contributed by atoms with Gasteiger partial charge >= 0.3 is 5.97 Å². The molecule has 128 valence electrons. The highest BCUT2D eigenvalue weighted by atomic mass is 16.7. The van der Waals surface area contributed by atoms with Crippen LogP contribution in [0, 0.1) is 0 Å². The minimum atomic E-state index is -1.59. The van der Waals surface area contributed by atoms with E-state index in [0.717, 1.165) is 0 Å². The van der Waals surface area contributed by atoms with Crippen LogP contribution in [0.2, 0.25) is 0 Å². The number of rotatable bonds is 5. The molecule has 1 aliphatic rings. The molecule has 0 bridgehead atoms. The Morgan fingerprint density at radius 2 is 1.87 bits per heavy atom. The standard InChI is InChI=1S/C14H18O9/c15-4-8-10(17)11(18)12(19)14(23-8)22-5-6-2-1-3-7(16)9(6)13(20)21/h1-3,8,10-12,14-19H,4-5H2,(H,20,21)/t8-,10-,11+,12-,14-/m1/s1. The lowest BCUT2D eigenvalue weighted by Gasteiger charge is -2.39. The second-order valence-corrected chi connectivity index (χ2v) is 5.12. The summed E-state index contributed by atoms with van der Waals surface area (Å²) in [7, 11) is 0. The summed E-state index contributed by atoms with van der Waals surface area (Å²) < 4.78 is 10.4. The lowest BCUT2D eigenvalue weighted by Crippen LogP contribution is -2.59. The SMILES string of the molecule is O=C(O)c1c(O)cccc1CO[C@@H]1O[C@H](CO)[C@@H](O)[C@H](O)[C@H]1O. The first-order valence-corrected chi connectivity index (χ1v) is 6.83. The second-order valence-electron chi connectivity index (χ2n) is 5.12. The third-order valence-corrected chi connectivity index (χ3v) is 3.59. The van der Waals surface area contributed by atoms with Crippen molar-refractivity contribution in [1.82, 2.24) is 0 Å². The predicted octanol–water partition coefficient (Wildman–Crippen LogP) is -1.59. The van der Waals surface area contributed by atoms with Gasteiger partial charge in [-0.3, -0.25) is 0 Å². The molecule has 0 saturated carbocycles. The smallest absolute Gasteiger partial charge is 0.339 e. The number of aliphatic hydroxyl groups is 4. The molecule has 0 spiro atoms. The number of hydrogen-bond acceptors (Lipinski definition) is 8. The Kier molecular flexibility index (Phi) is 5.52. The van der Waals surface area contributed by atoms with E-state index < -0.39 is 49.0 Å². The van der Waals surface area contributed by atoms with Crippen LogP contribution in [-0.4, -0.2) is 73.9 Å². The molecule has 0 aromatic heterocycles. The van der Waals surface area contributed by atoms with Crippen LogP contribution in [-0.2, 0) is 16.1 Å². The fourth-order valence-corrected chi connectivity index (χ4v) is 2.33. The van der Waals surface area contributed by atoms with Gasteiger partial charge in [0.05, 0.1) is 13.2 Å². The van der Waals surface area contributed by atoms with Crippen molar-refractivity contribution in [3.63, 3.8) is 0 Å². The maximum atomic E-state index is 11.1. The number of carboxylic acids is 1. The van der Waals surface area contributed by atoms with Gasteiger partial charge < -0.3 is 40.1 Å². The molecule has 1 saturated heterocycles. The highest BCUT2D eigenvalue weighted by molar-refractivity contribution is 5.92. The first-order valence-electron chi connectivity index (χ1n) is 6.83. The lowest BCUT2D eigenvalue weighted by molar-refractivity contribution is -0.304. The van der Waals surface area contributed by atoms with Crippen molar-refractivity contribution < 1.29 is 44.9 Å². The number of aromatic hydroxyl groups is 1. The van der Waals surface area contributed by atoms with Gasteiger partial charge in [-0.1, -0.05) is 12.1 Å². The fourth-order valence-electron chi connectivity index (χ4n) is 2.33. The van der Waals surface area contributed by atoms with Crippen molar-refractivity contribution in [2.75, 3.05) is 6.61 Å². The molecule has 1 heterocycles. The molecule has 0 amide bonds. The van der Waals surface area contributed by atoms with Crippen LogP contribution in [0.1, 0.15) is 15.9 Å². The summed E-state index contributed by atoms with van der Waals surface area (Å²) in [6.07, 6.45) is -7.19. The molecule has 1 aromatic carbocycles. The molecule has 6 N–H and O–H groups in total. The number of aromatic carboxylic acids is 1. The highest BCUT2D eigenvalue weighted by Crippen LogP contribution is 2.25. The van der Waals surface area contributed by atoms with Gasteiger partial charge in [0, 0.05) is 0 Å². The summed E-state index contributed by atoms with van der Waals surface area (Å²) in [5, 5.41) is 56.9. The van der Waals surface area contributed by atoms with Gasteiger partial charge in [0.15, 0.2) is 6.29 Å². The largest absolute Gasteiger partial charge is 0.507 e. The zero-order chi connectivity index (χ0) is 17.1. The Morgan fingerprint density at radius 1 is 1.17 bits per heavy atom. The average Bonchev–Trinajstić information content (AvgIpc) is 2.51. The summed E-state index contributed by atoms with van der Waals surface area (Å²) in [6, 6.07) is 4.04. The molecule has 1 fully saturated rings. The Bertz CT molecular complexity index is 559. The molecule has 0 aliphatic carbocycles. The van der Waals surface area contributed by atoms with E-state index in [1.54, 1.807) is 0 Å². The number of carboxylic acid groups (broad SMARTS) is 1. The van der Waals surface area contributed by atoms with Crippen LogP contribution >= 0.6 is 0 Å². The number of aliphatic hydroxyl groups excluding tert-OH is 4. The van der Waals surface area contributed by atoms with Crippen molar-refractivity contribution in [2.45, 2.75) is 37.3 Å². The zero-order valence-corrected chi connectivity index (χ0v) is 11.9. The molecule has 0 unspecified atom stereocenters. The quantitative estimate of drug-likeness (QED) is 0.374. The Hall–Kier alpha value is -1.75. The molecular formula is C14H18O9. The first-order chi connectivity index (χ1) is 10.9. The Morgan fingerprint density at radius 3 is 2.48 bits per heavy atom. The van der Waals surface area contributed by atoms with Crippen molar-refractivity contribution in [3.8, 4) is 5.75 Å². The first kappa shape index (κ1) is 17.6. The number of phenols is 1. The summed E-state index contributed by atoms with van der Waals surface area (Å²) in [5.41, 5.74) is -0.216. The van der Waals surface area contributed by atoms with Gasteiger partial charge in [0.2, 0.25) is 0 Å². The van der Waals surface area contributed by atoms with E-state index >= 15 is 0 Å². The van der Waals surface area contributed by atoms with Crippen molar-refractivity contribution in [1.29, 1.82) is 0 Å². The molecule has 2 rings (SSSR count). The Labute approximate surface area is 130 Å². The number of carbonyl (C=O) groups is 1. The molecular weight excluding hydrogens is 312 g/mol. The molecule has 1 aromatic rings. The van der Waals surface area contributed by atoms with Crippen molar-refractivity contribution in [2.24, 2.45) is 0 Å². The van der Waals surface area contributed by atoms with E-state index in [9.17, 15) is 25.2 Å². The van der Waals surface area contributed by atoms with E-state index in [2.05, 4.69) is 0 Å². The molecule has 0 radical (unpaired) electrons. The van der Waals surface area contributed by atoms with Crippen LogP contribution in [0.5, 0.6) is 5.75 Å². The monoisotopic (exact) mass is 330 g/mol. The van der Waals surface area contributed by atoms with E-state index in [4.69, 9.17) is 19.7 Å². The topological polar surface area (TPSA) is 157 Å². The van der Waals surface area contributed by atoms with Gasteiger partial charge in [-0.2, -0.15) is 0 Å². The number of ether oxygens (including phenoxy) is 2. The highest BCUT2D eigenvalue weighted by Gasteiger charge is 2.44. The maximum absolute atomic E-state index is 11.1. The van der Waals surface area contributed by atoms with E-state index in [1.165, 1.54) is 18.2 Å². The minimum absolute atomic E-state index is 0.134. The number of hydrogen-bond donors (Lipinski definition) is 6. The lowest BCUT2D eigenvalue weighted by atomic mass is 9.99. The minimum Gasteiger partial charge on any atom is -0.507 e. The van der Waals surface area contributed by atoms with Crippen molar-refractivity contribution in [3.05, 3.63) is 29.3 Å². The molecule has 9 nitrogen and oxygen atoms in total. The van der Waals surface area contributed by atoms with Crippen LogP contribution in [0.25, 0.3) is 0 Å². The van der Waals surface area contributed by atoms with Gasteiger partial charge in [0.1, 0.15) is 35.7 Å². The summed E-state index contributed by atoms with van der Waals surface area (Å²) in [5.74, 6) is -1.79. The van der Waals surface area contributed by atoms with Gasteiger partial charge in [-0.05, 0) is 11.6 Å². The summed E-state index contributed by atoms with van der Waals surface area (Å²) >= 11 is 0. The van der Waals surface area contributed by atoms with E-state index in [-0.39, 0.29) is 17.7 Å². The Balaban J connectivity index is 2.11. The second kappa shape index (κ2) is 7.21. The molecule has 23 heavy (non-hydrogen) atoms. The maximum Gasteiger partial charge on any atom is 0.339 e. The molecule has 5 atom stereocenters. The van der Waals surface area contributed by atoms with E-state index in [0.29, 0.717) is 0 Å². The fraction of sp³-hybridized carbons (Fsp3) is 0.500. The summed E-state index contributed by atoms with van der Waals surface area (Å²) in [4.78, 5) is 11.1. The molecule has 9 heteroatoms. The van der Waals surface area contributed by atoms with Crippen LogP contribution in [0.4, 0.5) is 0 Å². The number of benzene rings is 1. The third kappa shape index (κ3) is 3.61. The van der Waals surface area contributed by atoms with E-state index in [1.807, 2.05) is 0 Å². The normalized spacial score (nSPS) is 31.0. The van der Waals surface area contributed by atoms with Gasteiger partial charge in [-0.25, -0.2) is 4.79 Å². The predicted molar refractivity (Wildman–Crippen MR) is 73.6 cm³/mol. The average molecular weight is 330 g/mol. The van der Waals surface area contributed by atoms with Crippen molar-refractivity contribution >= 4 is 5.97 Å². The summed E-state index contributed by atoms with van der Waals surface area (Å²) in [6.45, 7) is -0.934. The third-order valence-electron chi connectivity index (χ3n) is 3.59.